The van der Waals surface area contributed by atoms with E-state index in [-0.39, 0.29) is 6.54 Å². The van der Waals surface area contributed by atoms with Crippen LogP contribution in [0.3, 0.4) is 0 Å². The summed E-state index contributed by atoms with van der Waals surface area (Å²) in [4.78, 5) is 0. The maximum absolute atomic E-state index is 12.1. The number of nitrogens with one attached hydrogen (secondary N) is 1. The molecule has 0 spiro atoms. The average Bonchev–Trinajstić information content (AvgIpc) is 2.29. The Morgan fingerprint density at radius 1 is 1.35 bits per heavy atom. The monoisotopic (exact) mass is 248 g/mol. The molecule has 0 aliphatic heterocycles. The molecule has 3 N–H and O–H groups in total. The number of halogens is 3. The van der Waals surface area contributed by atoms with Crippen LogP contribution in [0.5, 0.6) is 5.75 Å². The van der Waals surface area contributed by atoms with E-state index in [1.807, 2.05) is 0 Å². The van der Waals surface area contributed by atoms with Crippen molar-refractivity contribution < 1.29 is 17.9 Å². The van der Waals surface area contributed by atoms with Gasteiger partial charge in [-0.2, -0.15) is 13.2 Å². The van der Waals surface area contributed by atoms with Gasteiger partial charge in [-0.15, -0.1) is 0 Å². The largest absolute Gasteiger partial charge is 0.496 e. The highest BCUT2D eigenvalue weighted by Crippen LogP contribution is 2.25. The molecule has 0 aliphatic rings. The summed E-state index contributed by atoms with van der Waals surface area (Å²) in [7, 11) is 1.47. The van der Waals surface area contributed by atoms with E-state index in [2.05, 4.69) is 5.32 Å². The lowest BCUT2D eigenvalue weighted by molar-refractivity contribution is -0.126. The minimum Gasteiger partial charge on any atom is -0.496 e. The van der Waals surface area contributed by atoms with Crippen molar-refractivity contribution in [3.05, 3.63) is 29.8 Å². The van der Waals surface area contributed by atoms with Crippen LogP contribution in [-0.4, -0.2) is 26.4 Å². The summed E-state index contributed by atoms with van der Waals surface area (Å²) in [5, 5.41) is 2.37. The number of hydrogen-bond acceptors (Lipinski definition) is 3. The molecule has 0 radical (unpaired) electrons. The second kappa shape index (κ2) is 5.88. The second-order valence-corrected chi connectivity index (χ2v) is 3.53. The molecule has 0 saturated carbocycles. The summed E-state index contributed by atoms with van der Waals surface area (Å²) in [6.07, 6.45) is -4.25. The van der Waals surface area contributed by atoms with Crippen molar-refractivity contribution in [2.24, 2.45) is 5.73 Å². The first-order chi connectivity index (χ1) is 7.98. The van der Waals surface area contributed by atoms with Crippen molar-refractivity contribution in [2.75, 3.05) is 20.2 Å². The van der Waals surface area contributed by atoms with Gasteiger partial charge in [0.25, 0.3) is 0 Å². The number of ether oxygens (including phenoxy) is 1. The zero-order valence-electron chi connectivity index (χ0n) is 9.42. The van der Waals surface area contributed by atoms with E-state index in [0.29, 0.717) is 11.3 Å². The highest BCUT2D eigenvalue weighted by Gasteiger charge is 2.28. The molecule has 1 rings (SSSR count). The van der Waals surface area contributed by atoms with Crippen molar-refractivity contribution in [3.8, 4) is 5.75 Å². The second-order valence-electron chi connectivity index (χ2n) is 3.53. The molecule has 1 aromatic carbocycles. The molecule has 96 valence electrons. The Kier molecular flexibility index (Phi) is 4.77. The van der Waals surface area contributed by atoms with E-state index in [9.17, 15) is 13.2 Å². The van der Waals surface area contributed by atoms with E-state index < -0.39 is 18.8 Å². The number of benzene rings is 1. The van der Waals surface area contributed by atoms with Gasteiger partial charge in [-0.3, -0.25) is 0 Å². The maximum Gasteiger partial charge on any atom is 0.401 e. The van der Waals surface area contributed by atoms with Crippen molar-refractivity contribution in [3.63, 3.8) is 0 Å². The Morgan fingerprint density at radius 3 is 2.53 bits per heavy atom. The number of nitrogens with two attached hydrogens (primary N) is 1. The summed E-state index contributed by atoms with van der Waals surface area (Å²) >= 11 is 0. The van der Waals surface area contributed by atoms with Crippen LogP contribution < -0.4 is 15.8 Å². The molecule has 6 heteroatoms. The molecule has 0 fully saturated rings. The van der Waals surface area contributed by atoms with Gasteiger partial charge in [-0.25, -0.2) is 0 Å². The molecule has 1 unspecified atom stereocenters. The number of alkyl halides is 3. The van der Waals surface area contributed by atoms with Crippen LogP contribution in [0.1, 0.15) is 11.6 Å². The quantitative estimate of drug-likeness (QED) is 0.836. The lowest BCUT2D eigenvalue weighted by Crippen LogP contribution is -2.35. The smallest absolute Gasteiger partial charge is 0.401 e. The first kappa shape index (κ1) is 13.8. The van der Waals surface area contributed by atoms with Gasteiger partial charge in [0, 0.05) is 18.2 Å². The molecular formula is C11H15F3N2O. The lowest BCUT2D eigenvalue weighted by atomic mass is 10.1. The van der Waals surface area contributed by atoms with Gasteiger partial charge in [0.15, 0.2) is 0 Å². The minimum absolute atomic E-state index is 0.0659. The highest BCUT2D eigenvalue weighted by atomic mass is 19.4. The molecule has 0 aromatic heterocycles. The minimum atomic E-state index is -4.25. The number of para-hydroxylation sites is 1. The zero-order valence-corrected chi connectivity index (χ0v) is 9.42. The first-order valence-corrected chi connectivity index (χ1v) is 5.11. The SMILES string of the molecule is COc1ccccc1C(CN)NCC(F)(F)F. The van der Waals surface area contributed by atoms with Crippen LogP contribution in [0.4, 0.5) is 13.2 Å². The fourth-order valence-electron chi connectivity index (χ4n) is 1.51. The maximum atomic E-state index is 12.1. The summed E-state index contributed by atoms with van der Waals surface area (Å²) < 4.78 is 41.4. The van der Waals surface area contributed by atoms with E-state index in [1.165, 1.54) is 7.11 Å². The van der Waals surface area contributed by atoms with Gasteiger partial charge in [0.1, 0.15) is 5.75 Å². The van der Waals surface area contributed by atoms with E-state index in [1.54, 1.807) is 24.3 Å². The van der Waals surface area contributed by atoms with Crippen molar-refractivity contribution in [1.29, 1.82) is 0 Å². The van der Waals surface area contributed by atoms with Crippen LogP contribution in [0.2, 0.25) is 0 Å². The fourth-order valence-corrected chi connectivity index (χ4v) is 1.51. The van der Waals surface area contributed by atoms with E-state index in [0.717, 1.165) is 0 Å². The molecule has 0 bridgehead atoms. The molecule has 0 heterocycles. The van der Waals surface area contributed by atoms with Gasteiger partial charge in [-0.1, -0.05) is 18.2 Å². The molecule has 17 heavy (non-hydrogen) atoms. The predicted molar refractivity (Wildman–Crippen MR) is 58.8 cm³/mol. The third-order valence-corrected chi connectivity index (χ3v) is 2.30. The standard InChI is InChI=1S/C11H15F3N2O/c1-17-10-5-3-2-4-8(10)9(6-15)16-7-11(12,13)14/h2-5,9,16H,6-7,15H2,1H3. The lowest BCUT2D eigenvalue weighted by Gasteiger charge is -2.20. The van der Waals surface area contributed by atoms with Crippen LogP contribution in [0.15, 0.2) is 24.3 Å². The van der Waals surface area contributed by atoms with E-state index >= 15 is 0 Å². The van der Waals surface area contributed by atoms with Gasteiger partial charge in [-0.05, 0) is 6.07 Å². The highest BCUT2D eigenvalue weighted by molar-refractivity contribution is 5.36. The van der Waals surface area contributed by atoms with Crippen LogP contribution in [0.25, 0.3) is 0 Å². The summed E-state index contributed by atoms with van der Waals surface area (Å²) in [6.45, 7) is -1.01. The summed E-state index contributed by atoms with van der Waals surface area (Å²) in [6, 6.07) is 6.29. The number of methoxy groups -OCH3 is 1. The Morgan fingerprint density at radius 2 is 2.00 bits per heavy atom. The van der Waals surface area contributed by atoms with Gasteiger partial charge in [0.2, 0.25) is 0 Å². The van der Waals surface area contributed by atoms with Gasteiger partial charge >= 0.3 is 6.18 Å². The predicted octanol–water partition coefficient (Wildman–Crippen LogP) is 1.85. The average molecular weight is 248 g/mol. The fraction of sp³-hybridized carbons (Fsp3) is 0.455. The topological polar surface area (TPSA) is 47.3 Å². The van der Waals surface area contributed by atoms with Crippen molar-refractivity contribution >= 4 is 0 Å². The van der Waals surface area contributed by atoms with Gasteiger partial charge in [0.05, 0.1) is 13.7 Å². The van der Waals surface area contributed by atoms with Crippen molar-refractivity contribution in [2.45, 2.75) is 12.2 Å². The zero-order chi connectivity index (χ0) is 12.9. The third kappa shape index (κ3) is 4.24. The van der Waals surface area contributed by atoms with Crippen molar-refractivity contribution in [1.82, 2.24) is 5.32 Å². The number of hydrogen-bond donors (Lipinski definition) is 2. The molecule has 0 saturated heterocycles. The molecule has 3 nitrogen and oxygen atoms in total. The van der Waals surface area contributed by atoms with Crippen LogP contribution in [0, 0.1) is 0 Å². The molecule has 0 amide bonds. The molecule has 1 atom stereocenters. The van der Waals surface area contributed by atoms with E-state index in [4.69, 9.17) is 10.5 Å². The summed E-state index contributed by atoms with van der Waals surface area (Å²) in [5.41, 5.74) is 6.10. The Labute approximate surface area is 97.8 Å². The molecular weight excluding hydrogens is 233 g/mol. The normalized spacial score (nSPS) is 13.5. The van der Waals surface area contributed by atoms with Crippen LogP contribution in [-0.2, 0) is 0 Å². The Bertz CT molecular complexity index is 355. The summed E-state index contributed by atoms with van der Waals surface area (Å²) in [5.74, 6) is 0.526. The molecule has 0 aliphatic carbocycles. The Hall–Kier alpha value is -1.27. The number of rotatable bonds is 5. The first-order valence-electron chi connectivity index (χ1n) is 5.11. The molecule has 1 aromatic rings. The third-order valence-electron chi connectivity index (χ3n) is 2.30. The van der Waals surface area contributed by atoms with Gasteiger partial charge < -0.3 is 15.8 Å². The Balaban J connectivity index is 2.79. The van der Waals surface area contributed by atoms with Crippen LogP contribution >= 0.6 is 0 Å².